The van der Waals surface area contributed by atoms with Gasteiger partial charge in [-0.3, -0.25) is 0 Å². The van der Waals surface area contributed by atoms with Crippen LogP contribution in [0.15, 0.2) is 36.1 Å². The van der Waals surface area contributed by atoms with Crippen LogP contribution in [0.2, 0.25) is 0 Å². The second kappa shape index (κ2) is 2.95. The van der Waals surface area contributed by atoms with Crippen LogP contribution in [0.4, 0.5) is 0 Å². The minimum Gasteiger partial charge on any atom is -0.501 e. The number of allylic oxidation sites excluding steroid dienone is 5. The van der Waals surface area contributed by atoms with Gasteiger partial charge in [-0.1, -0.05) is 24.3 Å². The molecule has 0 amide bonds. The third-order valence-electron chi connectivity index (χ3n) is 2.17. The molecule has 0 aromatic carbocycles. The molecule has 0 aromatic heterocycles. The van der Waals surface area contributed by atoms with Crippen molar-refractivity contribution in [1.29, 1.82) is 0 Å². The van der Waals surface area contributed by atoms with E-state index in [0.717, 1.165) is 6.61 Å². The van der Waals surface area contributed by atoms with E-state index in [2.05, 4.69) is 24.3 Å². The highest BCUT2D eigenvalue weighted by Gasteiger charge is 2.13. The van der Waals surface area contributed by atoms with Gasteiger partial charge in [0.25, 0.3) is 0 Å². The van der Waals surface area contributed by atoms with Gasteiger partial charge < -0.3 is 4.74 Å². The smallest absolute Gasteiger partial charge is 0.0873 e. The average molecular weight is 148 g/mol. The largest absolute Gasteiger partial charge is 0.501 e. The van der Waals surface area contributed by atoms with E-state index in [1.807, 2.05) is 6.26 Å². The van der Waals surface area contributed by atoms with E-state index in [1.54, 1.807) is 0 Å². The molecule has 11 heavy (non-hydrogen) atoms. The van der Waals surface area contributed by atoms with Crippen molar-refractivity contribution in [2.24, 2.45) is 5.92 Å². The van der Waals surface area contributed by atoms with Crippen molar-refractivity contribution >= 4 is 0 Å². The first-order valence-electron chi connectivity index (χ1n) is 4.13. The third-order valence-corrected chi connectivity index (χ3v) is 2.17. The lowest BCUT2D eigenvalue weighted by Crippen LogP contribution is -1.99. The van der Waals surface area contributed by atoms with Gasteiger partial charge in [-0.2, -0.15) is 0 Å². The van der Waals surface area contributed by atoms with Crippen LogP contribution in [0.1, 0.15) is 12.8 Å². The quantitative estimate of drug-likeness (QED) is 0.512. The van der Waals surface area contributed by atoms with E-state index in [1.165, 1.54) is 18.4 Å². The lowest BCUT2D eigenvalue weighted by atomic mass is 9.92. The van der Waals surface area contributed by atoms with Crippen molar-refractivity contribution in [1.82, 2.24) is 0 Å². The maximum absolute atomic E-state index is 5.32. The molecule has 2 aliphatic rings. The van der Waals surface area contributed by atoms with Gasteiger partial charge in [0.05, 0.1) is 12.9 Å². The molecule has 0 N–H and O–H groups in total. The van der Waals surface area contributed by atoms with Crippen molar-refractivity contribution < 1.29 is 4.74 Å². The molecule has 0 spiro atoms. The number of ether oxygens (including phenoxy) is 1. The first-order chi connectivity index (χ1) is 5.47. The van der Waals surface area contributed by atoms with Crippen LogP contribution in [0, 0.1) is 5.92 Å². The summed E-state index contributed by atoms with van der Waals surface area (Å²) in [5, 5.41) is 0. The van der Waals surface area contributed by atoms with Crippen molar-refractivity contribution in [2.75, 3.05) is 6.61 Å². The molecule has 0 saturated heterocycles. The second-order valence-corrected chi connectivity index (χ2v) is 2.98. The summed E-state index contributed by atoms with van der Waals surface area (Å²) in [5.74, 6) is 0.613. The van der Waals surface area contributed by atoms with Gasteiger partial charge in [-0.25, -0.2) is 0 Å². The summed E-state index contributed by atoms with van der Waals surface area (Å²) in [7, 11) is 0. The van der Waals surface area contributed by atoms with Gasteiger partial charge in [0, 0.05) is 5.92 Å². The molecule has 0 aromatic rings. The molecule has 1 heterocycles. The van der Waals surface area contributed by atoms with Gasteiger partial charge in [-0.15, -0.1) is 0 Å². The summed E-state index contributed by atoms with van der Waals surface area (Å²) in [6, 6.07) is 0. The number of hydrogen-bond donors (Lipinski definition) is 0. The standard InChI is InChI=1S/C10H12O/c1-2-5-10-8-11-7-3-6-9(10)4-1/h1-2,4-5,8-9H,3,6-7H2. The molecule has 1 heteroatoms. The number of rotatable bonds is 0. The van der Waals surface area contributed by atoms with Crippen LogP contribution in [-0.4, -0.2) is 6.61 Å². The van der Waals surface area contributed by atoms with Gasteiger partial charge in [0.2, 0.25) is 0 Å². The molecule has 2 rings (SSSR count). The molecule has 1 aliphatic heterocycles. The Bertz CT molecular complexity index is 223. The van der Waals surface area contributed by atoms with Crippen molar-refractivity contribution in [3.8, 4) is 0 Å². The van der Waals surface area contributed by atoms with E-state index in [4.69, 9.17) is 4.74 Å². The van der Waals surface area contributed by atoms with Gasteiger partial charge in [-0.05, 0) is 18.4 Å². The predicted octanol–water partition coefficient (Wildman–Crippen LogP) is 2.42. The number of hydrogen-bond acceptors (Lipinski definition) is 1. The van der Waals surface area contributed by atoms with Crippen LogP contribution in [0.3, 0.4) is 0 Å². The summed E-state index contributed by atoms with van der Waals surface area (Å²) in [5.41, 5.74) is 1.32. The fraction of sp³-hybridized carbons (Fsp3) is 0.400. The Hall–Kier alpha value is -0.980. The van der Waals surface area contributed by atoms with E-state index in [0.29, 0.717) is 5.92 Å². The van der Waals surface area contributed by atoms with Crippen LogP contribution in [-0.2, 0) is 4.74 Å². The molecule has 58 valence electrons. The highest BCUT2D eigenvalue weighted by atomic mass is 16.5. The van der Waals surface area contributed by atoms with Crippen LogP contribution >= 0.6 is 0 Å². The minimum absolute atomic E-state index is 0.613. The Morgan fingerprint density at radius 2 is 2.36 bits per heavy atom. The van der Waals surface area contributed by atoms with E-state index in [9.17, 15) is 0 Å². The summed E-state index contributed by atoms with van der Waals surface area (Å²) < 4.78 is 5.32. The van der Waals surface area contributed by atoms with Gasteiger partial charge in [0.15, 0.2) is 0 Å². The van der Waals surface area contributed by atoms with Gasteiger partial charge in [0.1, 0.15) is 0 Å². The average Bonchev–Trinajstić information content (AvgIpc) is 2.28. The topological polar surface area (TPSA) is 9.23 Å². The highest BCUT2D eigenvalue weighted by Crippen LogP contribution is 2.25. The molecule has 0 radical (unpaired) electrons. The molecule has 0 bridgehead atoms. The molecule has 1 unspecified atom stereocenters. The summed E-state index contributed by atoms with van der Waals surface area (Å²) in [4.78, 5) is 0. The van der Waals surface area contributed by atoms with Crippen LogP contribution in [0.5, 0.6) is 0 Å². The monoisotopic (exact) mass is 148 g/mol. The Labute approximate surface area is 67.1 Å². The maximum atomic E-state index is 5.32. The molecule has 0 fully saturated rings. The fourth-order valence-electron chi connectivity index (χ4n) is 1.53. The lowest BCUT2D eigenvalue weighted by molar-refractivity contribution is 0.248. The zero-order valence-corrected chi connectivity index (χ0v) is 6.49. The maximum Gasteiger partial charge on any atom is 0.0873 e. The van der Waals surface area contributed by atoms with Crippen LogP contribution in [0.25, 0.3) is 0 Å². The summed E-state index contributed by atoms with van der Waals surface area (Å²) in [6.07, 6.45) is 12.9. The Balaban J connectivity index is 2.21. The normalized spacial score (nSPS) is 28.4. The second-order valence-electron chi connectivity index (χ2n) is 2.98. The zero-order valence-electron chi connectivity index (χ0n) is 6.49. The van der Waals surface area contributed by atoms with Crippen molar-refractivity contribution in [3.63, 3.8) is 0 Å². The Morgan fingerprint density at radius 1 is 1.36 bits per heavy atom. The third kappa shape index (κ3) is 1.37. The highest BCUT2D eigenvalue weighted by molar-refractivity contribution is 5.32. The zero-order chi connectivity index (χ0) is 7.52. The predicted molar refractivity (Wildman–Crippen MR) is 45.0 cm³/mol. The Morgan fingerprint density at radius 3 is 3.36 bits per heavy atom. The molecule has 0 saturated carbocycles. The Kier molecular flexibility index (Phi) is 1.80. The number of fused-ring (bicyclic) bond motifs is 1. The molecule has 1 atom stereocenters. The SMILES string of the molecule is C1=CC2=COCCCC2C=C1. The minimum atomic E-state index is 0.613. The van der Waals surface area contributed by atoms with Gasteiger partial charge >= 0.3 is 0 Å². The lowest BCUT2D eigenvalue weighted by Gasteiger charge is -2.12. The fourth-order valence-corrected chi connectivity index (χ4v) is 1.53. The summed E-state index contributed by atoms with van der Waals surface area (Å²) >= 11 is 0. The van der Waals surface area contributed by atoms with Crippen molar-refractivity contribution in [2.45, 2.75) is 12.8 Å². The van der Waals surface area contributed by atoms with Crippen molar-refractivity contribution in [3.05, 3.63) is 36.1 Å². The van der Waals surface area contributed by atoms with E-state index >= 15 is 0 Å². The van der Waals surface area contributed by atoms with Crippen LogP contribution < -0.4 is 0 Å². The summed E-state index contributed by atoms with van der Waals surface area (Å²) in [6.45, 7) is 0.877. The molecular formula is C10H12O. The van der Waals surface area contributed by atoms with E-state index in [-0.39, 0.29) is 0 Å². The first kappa shape index (κ1) is 6.71. The first-order valence-corrected chi connectivity index (χ1v) is 4.13. The molecule has 1 aliphatic carbocycles. The van der Waals surface area contributed by atoms with E-state index < -0.39 is 0 Å². The molecular weight excluding hydrogens is 136 g/mol. The molecule has 1 nitrogen and oxygen atoms in total.